The molecule has 2 heterocycles. The van der Waals surface area contributed by atoms with Crippen LogP contribution in [0.5, 0.6) is 0 Å². The molecule has 0 spiro atoms. The molecule has 0 saturated carbocycles. The smallest absolute Gasteiger partial charge is 0.410 e. The quantitative estimate of drug-likeness (QED) is 0.852. The number of ether oxygens (including phenoxy) is 1. The third kappa shape index (κ3) is 3.73. The Labute approximate surface area is 145 Å². The van der Waals surface area contributed by atoms with Crippen molar-refractivity contribution in [2.75, 3.05) is 40.3 Å². The van der Waals surface area contributed by atoms with Gasteiger partial charge in [-0.15, -0.1) is 0 Å². The second-order valence-electron chi connectivity index (χ2n) is 7.05. The Bertz CT molecular complexity index is 582. The number of rotatable bonds is 3. The lowest BCUT2D eigenvalue weighted by molar-refractivity contribution is 0.0949. The van der Waals surface area contributed by atoms with Crippen molar-refractivity contribution >= 4 is 6.09 Å². The third-order valence-electron chi connectivity index (χ3n) is 5.39. The first-order chi connectivity index (χ1) is 11.6. The molecular weight excluding hydrogens is 302 g/mol. The lowest BCUT2D eigenvalue weighted by Crippen LogP contribution is -2.44. The number of piperazine rings is 1. The van der Waals surface area contributed by atoms with Gasteiger partial charge >= 0.3 is 6.09 Å². The number of carbonyl (C=O) groups excluding carboxylic acids is 1. The van der Waals surface area contributed by atoms with E-state index < -0.39 is 0 Å². The largest absolute Gasteiger partial charge is 0.453 e. The highest BCUT2D eigenvalue weighted by Gasteiger charge is 2.29. The second-order valence-corrected chi connectivity index (χ2v) is 7.05. The molecule has 1 unspecified atom stereocenters. The Balaban J connectivity index is 1.71. The Morgan fingerprint density at radius 2 is 1.96 bits per heavy atom. The van der Waals surface area contributed by atoms with E-state index in [-0.39, 0.29) is 12.1 Å². The van der Waals surface area contributed by atoms with E-state index in [1.165, 1.54) is 23.8 Å². The van der Waals surface area contributed by atoms with E-state index in [2.05, 4.69) is 42.0 Å². The van der Waals surface area contributed by atoms with E-state index in [1.807, 2.05) is 4.90 Å². The summed E-state index contributed by atoms with van der Waals surface area (Å²) in [5.41, 5.74) is 4.04. The van der Waals surface area contributed by atoms with Gasteiger partial charge in [-0.3, -0.25) is 4.90 Å². The summed E-state index contributed by atoms with van der Waals surface area (Å²) in [6, 6.07) is 7.01. The summed E-state index contributed by atoms with van der Waals surface area (Å²) < 4.78 is 4.95. The number of fused-ring (bicyclic) bond motifs is 1. The van der Waals surface area contributed by atoms with Gasteiger partial charge < -0.3 is 14.5 Å². The van der Waals surface area contributed by atoms with Crippen LogP contribution >= 0.6 is 0 Å². The van der Waals surface area contributed by atoms with Gasteiger partial charge in [0, 0.05) is 45.3 Å². The lowest BCUT2D eigenvalue weighted by atomic mass is 9.91. The molecule has 0 aromatic heterocycles. The van der Waals surface area contributed by atoms with E-state index in [1.54, 1.807) is 0 Å². The minimum atomic E-state index is -0.214. The molecule has 1 atom stereocenters. The summed E-state index contributed by atoms with van der Waals surface area (Å²) in [6.45, 7) is 8.41. The van der Waals surface area contributed by atoms with E-state index in [0.717, 1.165) is 45.6 Å². The average molecular weight is 331 g/mol. The Kier molecular flexibility index (Phi) is 5.41. The van der Waals surface area contributed by atoms with Crippen molar-refractivity contribution in [3.63, 3.8) is 0 Å². The van der Waals surface area contributed by atoms with Crippen LogP contribution in [0.4, 0.5) is 4.79 Å². The molecule has 0 aliphatic carbocycles. The van der Waals surface area contributed by atoms with E-state index in [9.17, 15) is 4.79 Å². The van der Waals surface area contributed by atoms with Crippen LogP contribution in [-0.4, -0.2) is 67.2 Å². The minimum Gasteiger partial charge on any atom is -0.453 e. The highest BCUT2D eigenvalue weighted by Crippen LogP contribution is 2.27. The SMILES string of the molecule is CCC1Cc2cc(CN3CCN(C)CC3)ccc2CN1C(=O)OC. The van der Waals surface area contributed by atoms with Crippen LogP contribution in [0, 0.1) is 0 Å². The van der Waals surface area contributed by atoms with Gasteiger partial charge in [-0.25, -0.2) is 4.79 Å². The molecule has 1 aromatic carbocycles. The summed E-state index contributed by atoms with van der Waals surface area (Å²) in [7, 11) is 3.65. The van der Waals surface area contributed by atoms with Crippen LogP contribution in [0.2, 0.25) is 0 Å². The molecule has 2 aliphatic heterocycles. The number of benzene rings is 1. The Morgan fingerprint density at radius 3 is 2.62 bits per heavy atom. The molecular formula is C19H29N3O2. The summed E-state index contributed by atoms with van der Waals surface area (Å²) in [6.07, 6.45) is 1.67. The fraction of sp³-hybridized carbons (Fsp3) is 0.632. The first-order valence-corrected chi connectivity index (χ1v) is 8.97. The average Bonchev–Trinajstić information content (AvgIpc) is 2.61. The number of methoxy groups -OCH3 is 1. The monoisotopic (exact) mass is 331 g/mol. The van der Waals surface area contributed by atoms with Gasteiger partial charge in [0.15, 0.2) is 0 Å². The lowest BCUT2D eigenvalue weighted by Gasteiger charge is -2.36. The molecule has 24 heavy (non-hydrogen) atoms. The minimum absolute atomic E-state index is 0.214. The maximum Gasteiger partial charge on any atom is 0.410 e. The second kappa shape index (κ2) is 7.53. The Hall–Kier alpha value is -1.59. The zero-order chi connectivity index (χ0) is 17.1. The van der Waals surface area contributed by atoms with Gasteiger partial charge in [-0.05, 0) is 36.6 Å². The van der Waals surface area contributed by atoms with E-state index in [0.29, 0.717) is 6.54 Å². The molecule has 0 radical (unpaired) electrons. The highest BCUT2D eigenvalue weighted by molar-refractivity contribution is 5.68. The normalized spacial score (nSPS) is 22.3. The van der Waals surface area contributed by atoms with Gasteiger partial charge in [-0.1, -0.05) is 25.1 Å². The Morgan fingerprint density at radius 1 is 1.21 bits per heavy atom. The van der Waals surface area contributed by atoms with Crippen molar-refractivity contribution in [2.45, 2.75) is 38.9 Å². The van der Waals surface area contributed by atoms with Crippen molar-refractivity contribution in [3.8, 4) is 0 Å². The van der Waals surface area contributed by atoms with Crippen LogP contribution in [0.15, 0.2) is 18.2 Å². The van der Waals surface area contributed by atoms with Crippen molar-refractivity contribution in [2.24, 2.45) is 0 Å². The number of nitrogens with zero attached hydrogens (tertiary/aromatic N) is 3. The first kappa shape index (κ1) is 17.2. The first-order valence-electron chi connectivity index (χ1n) is 8.97. The highest BCUT2D eigenvalue weighted by atomic mass is 16.5. The molecule has 0 bridgehead atoms. The number of likely N-dealkylation sites (N-methyl/N-ethyl adjacent to an activating group) is 1. The summed E-state index contributed by atoms with van der Waals surface area (Å²) in [4.78, 5) is 18.8. The van der Waals surface area contributed by atoms with Crippen LogP contribution < -0.4 is 0 Å². The zero-order valence-electron chi connectivity index (χ0n) is 15.1. The molecule has 5 heteroatoms. The fourth-order valence-corrected chi connectivity index (χ4v) is 3.76. The molecule has 2 aliphatic rings. The van der Waals surface area contributed by atoms with Gasteiger partial charge in [0.05, 0.1) is 7.11 Å². The summed E-state index contributed by atoms with van der Waals surface area (Å²) in [5, 5.41) is 0. The van der Waals surface area contributed by atoms with Crippen molar-refractivity contribution in [1.82, 2.24) is 14.7 Å². The topological polar surface area (TPSA) is 36.0 Å². The molecule has 5 nitrogen and oxygen atoms in total. The zero-order valence-corrected chi connectivity index (χ0v) is 15.1. The van der Waals surface area contributed by atoms with Crippen molar-refractivity contribution in [1.29, 1.82) is 0 Å². The predicted octanol–water partition coefficient (Wildman–Crippen LogP) is 2.34. The van der Waals surface area contributed by atoms with Crippen molar-refractivity contribution < 1.29 is 9.53 Å². The number of hydrogen-bond donors (Lipinski definition) is 0. The number of carbonyl (C=O) groups is 1. The molecule has 0 N–H and O–H groups in total. The summed E-state index contributed by atoms with van der Waals surface area (Å²) >= 11 is 0. The molecule has 1 saturated heterocycles. The maximum atomic E-state index is 12.0. The molecule has 132 valence electrons. The van der Waals surface area contributed by atoms with Crippen LogP contribution in [0.25, 0.3) is 0 Å². The maximum absolute atomic E-state index is 12.0. The van der Waals surface area contributed by atoms with Gasteiger partial charge in [-0.2, -0.15) is 0 Å². The molecule has 1 aromatic rings. The standard InChI is InChI=1S/C19H29N3O2/c1-4-18-12-17-11-15(13-21-9-7-20(2)8-10-21)5-6-16(17)14-22(18)19(23)24-3/h5-6,11,18H,4,7-10,12-14H2,1-3H3. The van der Waals surface area contributed by atoms with Crippen LogP contribution in [0.1, 0.15) is 30.0 Å². The van der Waals surface area contributed by atoms with Crippen LogP contribution in [-0.2, 0) is 24.2 Å². The number of hydrogen-bond acceptors (Lipinski definition) is 4. The predicted molar refractivity (Wildman–Crippen MR) is 94.9 cm³/mol. The van der Waals surface area contributed by atoms with E-state index in [4.69, 9.17) is 4.74 Å². The van der Waals surface area contributed by atoms with Crippen molar-refractivity contribution in [3.05, 3.63) is 34.9 Å². The van der Waals surface area contributed by atoms with Gasteiger partial charge in [0.25, 0.3) is 0 Å². The molecule has 3 rings (SSSR count). The van der Waals surface area contributed by atoms with E-state index >= 15 is 0 Å². The molecule has 1 amide bonds. The fourth-order valence-electron chi connectivity index (χ4n) is 3.76. The summed E-state index contributed by atoms with van der Waals surface area (Å²) in [5.74, 6) is 0. The molecule has 1 fully saturated rings. The number of amides is 1. The van der Waals surface area contributed by atoms with Gasteiger partial charge in [0.2, 0.25) is 0 Å². The van der Waals surface area contributed by atoms with Gasteiger partial charge in [0.1, 0.15) is 0 Å². The van der Waals surface area contributed by atoms with Crippen LogP contribution in [0.3, 0.4) is 0 Å². The third-order valence-corrected chi connectivity index (χ3v) is 5.39.